The van der Waals surface area contributed by atoms with Crippen LogP contribution in [0.15, 0.2) is 33.9 Å². The third-order valence-electron chi connectivity index (χ3n) is 2.58. The smallest absolute Gasteiger partial charge is 0.267 e. The molecule has 1 aliphatic rings. The molecular formula is C9H6Cl2N2O2P2. The van der Waals surface area contributed by atoms with Crippen molar-refractivity contribution in [3.8, 4) is 0 Å². The van der Waals surface area contributed by atoms with Gasteiger partial charge in [-0.1, -0.05) is 34.6 Å². The zero-order valence-corrected chi connectivity index (χ0v) is 11.7. The summed E-state index contributed by atoms with van der Waals surface area (Å²) in [4.78, 5) is 24.4. The maximum atomic E-state index is 12.2. The number of hydrogen-bond acceptors (Lipinski definition) is 2. The van der Waals surface area contributed by atoms with Gasteiger partial charge >= 0.3 is 0 Å². The number of aromatic nitrogens is 2. The van der Waals surface area contributed by atoms with Crippen LogP contribution in [0.4, 0.5) is 0 Å². The molecule has 0 saturated heterocycles. The Kier molecular flexibility index (Phi) is 2.79. The summed E-state index contributed by atoms with van der Waals surface area (Å²) in [6, 6.07) is 6.75. The molecule has 2 unspecified atom stereocenters. The second kappa shape index (κ2) is 4.07. The maximum Gasteiger partial charge on any atom is 0.278 e. The van der Waals surface area contributed by atoms with E-state index < -0.39 is 14.9 Å². The largest absolute Gasteiger partial charge is 0.278 e. The highest BCUT2D eigenvalue weighted by Gasteiger charge is 2.31. The number of nitrogens with zero attached hydrogens (tertiary/aromatic N) is 2. The molecule has 88 valence electrons. The minimum Gasteiger partial charge on any atom is -0.267 e. The van der Waals surface area contributed by atoms with Gasteiger partial charge < -0.3 is 0 Å². The molecular weight excluding hydrogens is 301 g/mol. The molecule has 3 rings (SSSR count). The lowest BCUT2D eigenvalue weighted by Gasteiger charge is -2.09. The molecule has 1 aromatic heterocycles. The van der Waals surface area contributed by atoms with Crippen molar-refractivity contribution in [1.82, 2.24) is 8.90 Å². The second-order valence-electron chi connectivity index (χ2n) is 3.55. The van der Waals surface area contributed by atoms with Gasteiger partial charge in [-0.05, 0) is 12.1 Å². The lowest BCUT2D eigenvalue weighted by molar-refractivity contribution is 0.844. The average molecular weight is 307 g/mol. The Morgan fingerprint density at radius 2 is 1.35 bits per heavy atom. The third kappa shape index (κ3) is 1.59. The zero-order valence-electron chi connectivity index (χ0n) is 8.38. The van der Waals surface area contributed by atoms with Gasteiger partial charge in [0.15, 0.2) is 0 Å². The summed E-state index contributed by atoms with van der Waals surface area (Å²) in [6.07, 6.45) is 0. The molecule has 4 nitrogen and oxygen atoms in total. The zero-order chi connectivity index (χ0) is 12.2. The SMILES string of the molecule is O=c1c2ccccc2c(=O)n2n1P(Cl)CP2Cl. The highest BCUT2D eigenvalue weighted by molar-refractivity contribution is 7.98. The van der Waals surface area contributed by atoms with Crippen molar-refractivity contribution < 1.29 is 0 Å². The van der Waals surface area contributed by atoms with Crippen LogP contribution in [0.2, 0.25) is 0 Å². The Bertz CT molecular complexity index is 666. The summed E-state index contributed by atoms with van der Waals surface area (Å²) < 4.78 is 2.67. The van der Waals surface area contributed by atoms with E-state index in [1.165, 1.54) is 8.90 Å². The molecule has 2 atom stereocenters. The Morgan fingerprint density at radius 3 is 1.76 bits per heavy atom. The van der Waals surface area contributed by atoms with Gasteiger partial charge in [0.2, 0.25) is 0 Å². The van der Waals surface area contributed by atoms with Crippen molar-refractivity contribution in [1.29, 1.82) is 0 Å². The van der Waals surface area contributed by atoms with Crippen LogP contribution in [0, 0.1) is 0 Å². The summed E-state index contributed by atoms with van der Waals surface area (Å²) in [6.45, 7) is 0. The molecule has 0 radical (unpaired) electrons. The van der Waals surface area contributed by atoms with Crippen LogP contribution in [0.25, 0.3) is 10.8 Å². The molecule has 17 heavy (non-hydrogen) atoms. The lowest BCUT2D eigenvalue weighted by Crippen LogP contribution is -2.30. The molecule has 0 fully saturated rings. The van der Waals surface area contributed by atoms with Crippen molar-refractivity contribution >= 4 is 48.1 Å². The first kappa shape index (κ1) is 11.7. The molecule has 2 heterocycles. The predicted octanol–water partition coefficient (Wildman–Crippen LogP) is 2.93. The molecule has 0 bridgehead atoms. The molecule has 0 aliphatic carbocycles. The van der Waals surface area contributed by atoms with Crippen LogP contribution in [0.5, 0.6) is 0 Å². The van der Waals surface area contributed by atoms with Gasteiger partial charge in [0.05, 0.1) is 16.7 Å². The van der Waals surface area contributed by atoms with Crippen molar-refractivity contribution in [2.24, 2.45) is 0 Å². The maximum absolute atomic E-state index is 12.2. The van der Waals surface area contributed by atoms with E-state index in [-0.39, 0.29) is 11.1 Å². The van der Waals surface area contributed by atoms with Gasteiger partial charge in [-0.2, -0.15) is 0 Å². The topological polar surface area (TPSA) is 44.0 Å². The van der Waals surface area contributed by atoms with Crippen LogP contribution in [0.3, 0.4) is 0 Å². The van der Waals surface area contributed by atoms with E-state index in [1.54, 1.807) is 24.3 Å². The minimum absolute atomic E-state index is 0.230. The summed E-state index contributed by atoms with van der Waals surface area (Å²) in [5, 5.41) is 0.813. The van der Waals surface area contributed by atoms with Gasteiger partial charge in [-0.3, -0.25) is 9.59 Å². The first-order chi connectivity index (χ1) is 8.11. The number of benzene rings is 1. The van der Waals surface area contributed by atoms with Crippen LogP contribution >= 0.6 is 37.3 Å². The quantitative estimate of drug-likeness (QED) is 0.702. The van der Waals surface area contributed by atoms with Crippen molar-refractivity contribution in [3.05, 3.63) is 45.0 Å². The molecule has 0 N–H and O–H groups in total. The fourth-order valence-electron chi connectivity index (χ4n) is 1.84. The van der Waals surface area contributed by atoms with Crippen LogP contribution in [-0.4, -0.2) is 14.8 Å². The normalized spacial score (nSPS) is 22.9. The number of fused-ring (bicyclic) bond motifs is 2. The number of halogens is 2. The molecule has 0 spiro atoms. The van der Waals surface area contributed by atoms with E-state index in [2.05, 4.69) is 0 Å². The molecule has 2 aromatic rings. The predicted molar refractivity (Wildman–Crippen MR) is 73.7 cm³/mol. The fraction of sp³-hybridized carbons (Fsp3) is 0.111. The summed E-state index contributed by atoms with van der Waals surface area (Å²) in [5.74, 6) is 0.499. The van der Waals surface area contributed by atoms with E-state index >= 15 is 0 Å². The van der Waals surface area contributed by atoms with Crippen LogP contribution in [0.1, 0.15) is 0 Å². The Hall–Kier alpha value is -0.400. The highest BCUT2D eigenvalue weighted by atomic mass is 35.7. The molecule has 0 saturated carbocycles. The van der Waals surface area contributed by atoms with Crippen LogP contribution < -0.4 is 11.1 Å². The number of rotatable bonds is 0. The van der Waals surface area contributed by atoms with Gasteiger partial charge in [0, 0.05) is 0 Å². The van der Waals surface area contributed by atoms with Gasteiger partial charge in [0.1, 0.15) is 14.9 Å². The molecule has 1 aromatic carbocycles. The average Bonchev–Trinajstić information content (AvgIpc) is 2.62. The monoisotopic (exact) mass is 306 g/mol. The lowest BCUT2D eigenvalue weighted by atomic mass is 10.2. The highest BCUT2D eigenvalue weighted by Crippen LogP contribution is 2.63. The van der Waals surface area contributed by atoms with Crippen LogP contribution in [-0.2, 0) is 0 Å². The standard InChI is InChI=1S/C9H6Cl2N2O2P2/c10-16-5-17(11)13-9(15)7-4-2-1-3-6(7)8(14)12(13)16/h1-4H,5H2. The Balaban J connectivity index is 2.58. The van der Waals surface area contributed by atoms with Crippen molar-refractivity contribution in [2.75, 3.05) is 5.90 Å². The molecule has 1 aliphatic heterocycles. The van der Waals surface area contributed by atoms with E-state index in [4.69, 9.17) is 22.5 Å². The Morgan fingerprint density at radius 1 is 0.941 bits per heavy atom. The van der Waals surface area contributed by atoms with E-state index in [0.717, 1.165) is 0 Å². The first-order valence-electron chi connectivity index (χ1n) is 4.75. The third-order valence-corrected chi connectivity index (χ3v) is 8.91. The fourth-order valence-corrected chi connectivity index (χ4v) is 8.70. The summed E-state index contributed by atoms with van der Waals surface area (Å²) >= 11 is 12.2. The molecule has 8 heteroatoms. The second-order valence-corrected chi connectivity index (χ2v) is 9.13. The number of hydrogen-bond donors (Lipinski definition) is 0. The first-order valence-corrected chi connectivity index (χ1v) is 9.52. The van der Waals surface area contributed by atoms with Gasteiger partial charge in [-0.25, -0.2) is 8.90 Å². The van der Waals surface area contributed by atoms with Crippen molar-refractivity contribution in [2.45, 2.75) is 0 Å². The summed E-state index contributed by atoms with van der Waals surface area (Å²) in [7, 11) is -2.39. The van der Waals surface area contributed by atoms with E-state index in [0.29, 0.717) is 16.7 Å². The van der Waals surface area contributed by atoms with E-state index in [9.17, 15) is 9.59 Å². The molecule has 0 amide bonds. The Labute approximate surface area is 108 Å². The minimum atomic E-state index is -1.19. The van der Waals surface area contributed by atoms with Crippen molar-refractivity contribution in [3.63, 3.8) is 0 Å². The van der Waals surface area contributed by atoms with Gasteiger partial charge in [0.25, 0.3) is 11.1 Å². The summed E-state index contributed by atoms with van der Waals surface area (Å²) in [5.41, 5.74) is -0.459. The van der Waals surface area contributed by atoms with Gasteiger partial charge in [-0.15, -0.1) is 0 Å². The van der Waals surface area contributed by atoms with E-state index in [1.807, 2.05) is 0 Å².